The van der Waals surface area contributed by atoms with Crippen molar-refractivity contribution < 1.29 is 0 Å². The van der Waals surface area contributed by atoms with E-state index in [-0.39, 0.29) is 0 Å². The largest absolute Gasteiger partial charge is 0.399 e. The zero-order valence-electron chi connectivity index (χ0n) is 13.2. The number of fused-ring (bicyclic) bond motifs is 2. The summed E-state index contributed by atoms with van der Waals surface area (Å²) in [6.45, 7) is 3.31. The van der Waals surface area contributed by atoms with E-state index in [1.165, 1.54) is 15.7 Å². The molecule has 0 fully saturated rings. The highest BCUT2D eigenvalue weighted by atomic mass is 32.2. The van der Waals surface area contributed by atoms with Crippen molar-refractivity contribution in [2.75, 3.05) is 26.4 Å². The minimum absolute atomic E-state index is 0.501. The predicted molar refractivity (Wildman–Crippen MR) is 97.5 cm³/mol. The summed E-state index contributed by atoms with van der Waals surface area (Å²) in [6.07, 6.45) is 0. The molecule has 1 atom stereocenters. The second-order valence-electron chi connectivity index (χ2n) is 5.93. The molecule has 1 aromatic heterocycles. The van der Waals surface area contributed by atoms with E-state index in [1.807, 2.05) is 30.0 Å². The normalized spacial score (nSPS) is 13.1. The number of benzene rings is 2. The SMILES string of the molecule is CC(CN(C)C)Sc1c2ccccc2nc2cc(N)ccc12. The summed E-state index contributed by atoms with van der Waals surface area (Å²) in [4.78, 5) is 8.29. The van der Waals surface area contributed by atoms with Crippen LogP contribution < -0.4 is 5.73 Å². The van der Waals surface area contributed by atoms with Gasteiger partial charge in [-0.1, -0.05) is 25.1 Å². The molecule has 0 aliphatic heterocycles. The Labute approximate surface area is 135 Å². The fourth-order valence-corrected chi connectivity index (χ4v) is 4.13. The summed E-state index contributed by atoms with van der Waals surface area (Å²) in [7, 11) is 4.22. The minimum Gasteiger partial charge on any atom is -0.399 e. The lowest BCUT2D eigenvalue weighted by atomic mass is 10.1. The molecule has 2 N–H and O–H groups in total. The van der Waals surface area contributed by atoms with E-state index in [0.717, 1.165) is 23.3 Å². The third-order valence-corrected chi connectivity index (χ3v) is 4.82. The number of nitrogens with zero attached hydrogens (tertiary/aromatic N) is 2. The van der Waals surface area contributed by atoms with Gasteiger partial charge in [0.25, 0.3) is 0 Å². The summed E-state index contributed by atoms with van der Waals surface area (Å²) in [5, 5.41) is 2.90. The van der Waals surface area contributed by atoms with Gasteiger partial charge >= 0.3 is 0 Å². The van der Waals surface area contributed by atoms with Gasteiger partial charge in [-0.3, -0.25) is 0 Å². The number of aromatic nitrogens is 1. The maximum atomic E-state index is 5.93. The lowest BCUT2D eigenvalue weighted by molar-refractivity contribution is 0.413. The van der Waals surface area contributed by atoms with Crippen molar-refractivity contribution in [2.24, 2.45) is 0 Å². The molecule has 3 aromatic rings. The van der Waals surface area contributed by atoms with Crippen LogP contribution in [0.4, 0.5) is 5.69 Å². The quantitative estimate of drug-likeness (QED) is 0.449. The zero-order chi connectivity index (χ0) is 15.7. The molecule has 3 rings (SSSR count). The highest BCUT2D eigenvalue weighted by Crippen LogP contribution is 2.36. The molecule has 0 saturated heterocycles. The first-order valence-electron chi connectivity index (χ1n) is 7.44. The first kappa shape index (κ1) is 15.1. The second kappa shape index (κ2) is 6.15. The maximum Gasteiger partial charge on any atom is 0.0741 e. The average molecular weight is 311 g/mol. The number of rotatable bonds is 4. The van der Waals surface area contributed by atoms with Crippen LogP contribution in [-0.2, 0) is 0 Å². The van der Waals surface area contributed by atoms with Crippen LogP contribution in [0.1, 0.15) is 6.92 Å². The number of thioether (sulfide) groups is 1. The molecule has 2 aromatic carbocycles. The van der Waals surface area contributed by atoms with Crippen molar-refractivity contribution in [3.8, 4) is 0 Å². The molecule has 0 radical (unpaired) electrons. The van der Waals surface area contributed by atoms with Crippen LogP contribution in [0.2, 0.25) is 0 Å². The van der Waals surface area contributed by atoms with Gasteiger partial charge in [-0.25, -0.2) is 4.98 Å². The summed E-state index contributed by atoms with van der Waals surface area (Å²) in [5.74, 6) is 0. The van der Waals surface area contributed by atoms with Gasteiger partial charge in [0, 0.05) is 33.2 Å². The highest BCUT2D eigenvalue weighted by molar-refractivity contribution is 8.00. The van der Waals surface area contributed by atoms with Gasteiger partial charge in [0.2, 0.25) is 0 Å². The Morgan fingerprint density at radius 2 is 1.82 bits per heavy atom. The Morgan fingerprint density at radius 3 is 2.59 bits per heavy atom. The molecule has 0 spiro atoms. The van der Waals surface area contributed by atoms with E-state index < -0.39 is 0 Å². The van der Waals surface area contributed by atoms with Gasteiger partial charge in [0.05, 0.1) is 11.0 Å². The van der Waals surface area contributed by atoms with Gasteiger partial charge in [0.15, 0.2) is 0 Å². The van der Waals surface area contributed by atoms with Crippen LogP contribution in [0.15, 0.2) is 47.4 Å². The average Bonchev–Trinajstić information content (AvgIpc) is 2.45. The van der Waals surface area contributed by atoms with Crippen molar-refractivity contribution in [3.05, 3.63) is 42.5 Å². The second-order valence-corrected chi connectivity index (χ2v) is 7.37. The molecular weight excluding hydrogens is 290 g/mol. The molecule has 0 amide bonds. The molecule has 22 heavy (non-hydrogen) atoms. The maximum absolute atomic E-state index is 5.93. The molecule has 1 unspecified atom stereocenters. The van der Waals surface area contributed by atoms with Crippen LogP contribution in [0, 0.1) is 0 Å². The van der Waals surface area contributed by atoms with Crippen molar-refractivity contribution in [1.29, 1.82) is 0 Å². The topological polar surface area (TPSA) is 42.2 Å². The fourth-order valence-electron chi connectivity index (χ4n) is 2.75. The van der Waals surface area contributed by atoms with Crippen LogP contribution in [0.3, 0.4) is 0 Å². The van der Waals surface area contributed by atoms with Crippen molar-refractivity contribution in [2.45, 2.75) is 17.1 Å². The Balaban J connectivity index is 2.18. The summed E-state index contributed by atoms with van der Waals surface area (Å²) in [5.41, 5.74) is 8.69. The van der Waals surface area contributed by atoms with E-state index in [1.54, 1.807) is 0 Å². The van der Waals surface area contributed by atoms with Gasteiger partial charge in [-0.15, -0.1) is 11.8 Å². The molecule has 1 heterocycles. The number of nitrogen functional groups attached to an aromatic ring is 1. The number of anilines is 1. The molecule has 0 saturated carbocycles. The molecule has 3 nitrogen and oxygen atoms in total. The van der Waals surface area contributed by atoms with Crippen LogP contribution >= 0.6 is 11.8 Å². The van der Waals surface area contributed by atoms with E-state index in [9.17, 15) is 0 Å². The number of para-hydroxylation sites is 1. The Kier molecular flexibility index (Phi) is 4.23. The lowest BCUT2D eigenvalue weighted by Crippen LogP contribution is -2.21. The Morgan fingerprint density at radius 1 is 1.09 bits per heavy atom. The number of hydrogen-bond donors (Lipinski definition) is 1. The fraction of sp³-hybridized carbons (Fsp3) is 0.278. The standard InChI is InChI=1S/C18H21N3S/c1-12(11-21(2)3)22-18-14-6-4-5-7-16(14)20-17-10-13(19)8-9-15(17)18/h4-10,12H,11,19H2,1-3H3. The van der Waals surface area contributed by atoms with Crippen LogP contribution in [0.25, 0.3) is 21.8 Å². The zero-order valence-corrected chi connectivity index (χ0v) is 14.0. The van der Waals surface area contributed by atoms with E-state index in [2.05, 4.69) is 50.2 Å². The monoisotopic (exact) mass is 311 g/mol. The van der Waals surface area contributed by atoms with Crippen molar-refractivity contribution >= 4 is 39.3 Å². The van der Waals surface area contributed by atoms with Gasteiger partial charge in [-0.05, 0) is 38.4 Å². The number of hydrogen-bond acceptors (Lipinski definition) is 4. The van der Waals surface area contributed by atoms with Crippen LogP contribution in [0.5, 0.6) is 0 Å². The summed E-state index contributed by atoms with van der Waals surface area (Å²) in [6, 6.07) is 14.3. The smallest absolute Gasteiger partial charge is 0.0741 e. The van der Waals surface area contributed by atoms with E-state index in [0.29, 0.717) is 5.25 Å². The highest BCUT2D eigenvalue weighted by Gasteiger charge is 2.13. The van der Waals surface area contributed by atoms with Crippen molar-refractivity contribution in [3.63, 3.8) is 0 Å². The lowest BCUT2D eigenvalue weighted by Gasteiger charge is -2.18. The Bertz CT molecular complexity index is 814. The van der Waals surface area contributed by atoms with E-state index in [4.69, 9.17) is 10.7 Å². The molecule has 0 aliphatic carbocycles. The first-order chi connectivity index (χ1) is 10.5. The predicted octanol–water partition coefficient (Wildman–Crippen LogP) is 4.01. The third-order valence-electron chi connectivity index (χ3n) is 3.60. The van der Waals surface area contributed by atoms with Crippen LogP contribution in [-0.4, -0.2) is 35.8 Å². The van der Waals surface area contributed by atoms with Crippen molar-refractivity contribution in [1.82, 2.24) is 9.88 Å². The minimum atomic E-state index is 0.501. The summed E-state index contributed by atoms with van der Waals surface area (Å²) < 4.78 is 0. The third kappa shape index (κ3) is 3.03. The van der Waals surface area contributed by atoms with Gasteiger partial charge in [-0.2, -0.15) is 0 Å². The molecule has 0 aliphatic rings. The van der Waals surface area contributed by atoms with E-state index >= 15 is 0 Å². The molecular formula is C18H21N3S. The number of nitrogens with two attached hydrogens (primary N) is 1. The van der Waals surface area contributed by atoms with Gasteiger partial charge in [0.1, 0.15) is 0 Å². The molecule has 0 bridgehead atoms. The number of pyridine rings is 1. The Hall–Kier alpha value is -1.78. The first-order valence-corrected chi connectivity index (χ1v) is 8.32. The summed E-state index contributed by atoms with van der Waals surface area (Å²) >= 11 is 1.91. The molecule has 114 valence electrons. The van der Waals surface area contributed by atoms with Gasteiger partial charge < -0.3 is 10.6 Å². The molecule has 4 heteroatoms.